The van der Waals surface area contributed by atoms with Crippen LogP contribution < -0.4 is 5.32 Å². The van der Waals surface area contributed by atoms with Gasteiger partial charge in [0.25, 0.3) is 0 Å². The van der Waals surface area contributed by atoms with E-state index in [2.05, 4.69) is 5.32 Å². The number of urea groups is 1. The third-order valence-corrected chi connectivity index (χ3v) is 4.22. The third kappa shape index (κ3) is 3.66. The van der Waals surface area contributed by atoms with Gasteiger partial charge < -0.3 is 15.3 Å². The van der Waals surface area contributed by atoms with Gasteiger partial charge in [0.1, 0.15) is 6.04 Å². The zero-order valence-electron chi connectivity index (χ0n) is 11.3. The molecule has 2 rings (SSSR count). The Morgan fingerprint density at radius 2 is 2.30 bits per heavy atom. The second kappa shape index (κ2) is 6.65. The average Bonchev–Trinajstić information content (AvgIpc) is 2.45. The molecule has 1 aliphatic heterocycles. The summed E-state index contributed by atoms with van der Waals surface area (Å²) in [6.07, 6.45) is 0. The Morgan fingerprint density at radius 1 is 1.50 bits per heavy atom. The Labute approximate surface area is 122 Å². The molecule has 1 unspecified atom stereocenters. The van der Waals surface area contributed by atoms with Gasteiger partial charge in [-0.15, -0.1) is 0 Å². The summed E-state index contributed by atoms with van der Waals surface area (Å²) in [6, 6.07) is 6.84. The summed E-state index contributed by atoms with van der Waals surface area (Å²) in [6.45, 7) is 2.88. The zero-order valence-corrected chi connectivity index (χ0v) is 12.2. The minimum atomic E-state index is -0.942. The molecule has 1 fully saturated rings. The first-order chi connectivity index (χ1) is 9.58. The Hall–Kier alpha value is -1.69. The molecule has 0 bridgehead atoms. The van der Waals surface area contributed by atoms with Crippen LogP contribution in [0.25, 0.3) is 0 Å². The maximum absolute atomic E-state index is 12.1. The molecule has 0 aromatic heterocycles. The molecule has 0 spiro atoms. The molecular weight excluding hydrogens is 276 g/mol. The number of aliphatic carboxylic acids is 1. The second-order valence-electron chi connectivity index (χ2n) is 4.77. The SMILES string of the molecule is Cc1cccc(CNC(=O)N2CCSCC2C(=O)O)c1. The predicted octanol–water partition coefficient (Wildman–Crippen LogP) is 1.71. The summed E-state index contributed by atoms with van der Waals surface area (Å²) in [5.41, 5.74) is 2.14. The Bertz CT molecular complexity index is 507. The summed E-state index contributed by atoms with van der Waals surface area (Å²) in [4.78, 5) is 24.7. The average molecular weight is 294 g/mol. The largest absolute Gasteiger partial charge is 0.480 e. The number of rotatable bonds is 3. The number of carboxylic acids is 1. The Morgan fingerprint density at radius 3 is 3.00 bits per heavy atom. The van der Waals surface area contributed by atoms with Gasteiger partial charge in [-0.3, -0.25) is 0 Å². The van der Waals surface area contributed by atoms with Crippen molar-refractivity contribution in [1.82, 2.24) is 10.2 Å². The number of hydrogen-bond donors (Lipinski definition) is 2. The van der Waals surface area contributed by atoms with Crippen LogP contribution in [0, 0.1) is 6.92 Å². The quantitative estimate of drug-likeness (QED) is 0.890. The van der Waals surface area contributed by atoms with Crippen LogP contribution in [0.5, 0.6) is 0 Å². The normalized spacial score (nSPS) is 18.6. The van der Waals surface area contributed by atoms with Gasteiger partial charge in [-0.25, -0.2) is 9.59 Å². The molecule has 108 valence electrons. The number of carboxylic acid groups (broad SMARTS) is 1. The van der Waals surface area contributed by atoms with E-state index >= 15 is 0 Å². The Balaban J connectivity index is 1.95. The van der Waals surface area contributed by atoms with E-state index in [0.717, 1.165) is 16.9 Å². The smallest absolute Gasteiger partial charge is 0.327 e. The summed E-state index contributed by atoms with van der Waals surface area (Å²) in [5, 5.41) is 11.9. The fourth-order valence-corrected chi connectivity index (χ4v) is 3.19. The van der Waals surface area contributed by atoms with E-state index in [1.807, 2.05) is 31.2 Å². The van der Waals surface area contributed by atoms with Gasteiger partial charge in [0, 0.05) is 24.6 Å². The van der Waals surface area contributed by atoms with Gasteiger partial charge in [0.05, 0.1) is 0 Å². The molecule has 6 heteroatoms. The molecule has 2 amide bonds. The number of carbonyl (C=O) groups excluding carboxylic acids is 1. The number of amides is 2. The highest BCUT2D eigenvalue weighted by molar-refractivity contribution is 7.99. The van der Waals surface area contributed by atoms with Crippen LogP contribution in [0.1, 0.15) is 11.1 Å². The van der Waals surface area contributed by atoms with E-state index in [-0.39, 0.29) is 6.03 Å². The maximum Gasteiger partial charge on any atom is 0.327 e. The first-order valence-electron chi connectivity index (χ1n) is 6.48. The number of nitrogens with one attached hydrogen (secondary N) is 1. The van der Waals surface area contributed by atoms with Crippen LogP contribution in [0.2, 0.25) is 0 Å². The number of aryl methyl sites for hydroxylation is 1. The van der Waals surface area contributed by atoms with Crippen LogP contribution in [-0.4, -0.2) is 46.1 Å². The number of nitrogens with zero attached hydrogens (tertiary/aromatic N) is 1. The minimum Gasteiger partial charge on any atom is -0.480 e. The van der Waals surface area contributed by atoms with Crippen molar-refractivity contribution < 1.29 is 14.7 Å². The molecule has 1 aliphatic rings. The molecule has 20 heavy (non-hydrogen) atoms. The fourth-order valence-electron chi connectivity index (χ4n) is 2.15. The van der Waals surface area contributed by atoms with Crippen LogP contribution in [0.3, 0.4) is 0 Å². The number of hydrogen-bond acceptors (Lipinski definition) is 3. The Kier molecular flexibility index (Phi) is 4.89. The van der Waals surface area contributed by atoms with E-state index in [0.29, 0.717) is 18.8 Å². The van der Waals surface area contributed by atoms with Gasteiger partial charge in [-0.2, -0.15) is 11.8 Å². The van der Waals surface area contributed by atoms with E-state index < -0.39 is 12.0 Å². The van der Waals surface area contributed by atoms with Crippen LogP contribution in [-0.2, 0) is 11.3 Å². The number of carbonyl (C=O) groups is 2. The predicted molar refractivity (Wildman–Crippen MR) is 78.9 cm³/mol. The molecular formula is C14H18N2O3S. The molecule has 5 nitrogen and oxygen atoms in total. The van der Waals surface area contributed by atoms with Gasteiger partial charge >= 0.3 is 12.0 Å². The molecule has 0 saturated carbocycles. The second-order valence-corrected chi connectivity index (χ2v) is 5.92. The van der Waals surface area contributed by atoms with Gasteiger partial charge in [-0.05, 0) is 12.5 Å². The molecule has 1 heterocycles. The molecule has 1 aromatic rings. The first kappa shape index (κ1) is 14.7. The van der Waals surface area contributed by atoms with Crippen molar-refractivity contribution in [2.75, 3.05) is 18.1 Å². The van der Waals surface area contributed by atoms with E-state index in [4.69, 9.17) is 5.11 Å². The van der Waals surface area contributed by atoms with Gasteiger partial charge in [0.15, 0.2) is 0 Å². The van der Waals surface area contributed by atoms with Crippen molar-refractivity contribution in [1.29, 1.82) is 0 Å². The summed E-state index contributed by atoms with van der Waals surface area (Å²) in [5.74, 6) is 0.289. The lowest BCUT2D eigenvalue weighted by molar-refractivity contribution is -0.141. The number of benzene rings is 1. The van der Waals surface area contributed by atoms with Crippen molar-refractivity contribution in [3.63, 3.8) is 0 Å². The van der Waals surface area contributed by atoms with Crippen molar-refractivity contribution in [2.45, 2.75) is 19.5 Å². The molecule has 2 N–H and O–H groups in total. The summed E-state index contributed by atoms with van der Waals surface area (Å²) < 4.78 is 0. The lowest BCUT2D eigenvalue weighted by Gasteiger charge is -2.32. The van der Waals surface area contributed by atoms with Crippen molar-refractivity contribution >= 4 is 23.8 Å². The lowest BCUT2D eigenvalue weighted by atomic mass is 10.1. The summed E-state index contributed by atoms with van der Waals surface area (Å²) >= 11 is 1.57. The van der Waals surface area contributed by atoms with E-state index in [1.165, 1.54) is 4.90 Å². The van der Waals surface area contributed by atoms with Crippen molar-refractivity contribution in [2.24, 2.45) is 0 Å². The molecule has 1 aromatic carbocycles. The van der Waals surface area contributed by atoms with Crippen molar-refractivity contribution in [3.05, 3.63) is 35.4 Å². The summed E-state index contributed by atoms with van der Waals surface area (Å²) in [7, 11) is 0. The standard InChI is InChI=1S/C14H18N2O3S/c1-10-3-2-4-11(7-10)8-15-14(19)16-5-6-20-9-12(16)13(17)18/h2-4,7,12H,5-6,8-9H2,1H3,(H,15,19)(H,17,18). The topological polar surface area (TPSA) is 69.6 Å². The van der Waals surface area contributed by atoms with Crippen LogP contribution >= 0.6 is 11.8 Å². The van der Waals surface area contributed by atoms with Crippen molar-refractivity contribution in [3.8, 4) is 0 Å². The molecule has 1 atom stereocenters. The third-order valence-electron chi connectivity index (χ3n) is 3.20. The first-order valence-corrected chi connectivity index (χ1v) is 7.64. The van der Waals surface area contributed by atoms with Crippen LogP contribution in [0.4, 0.5) is 4.79 Å². The van der Waals surface area contributed by atoms with E-state index in [1.54, 1.807) is 11.8 Å². The lowest BCUT2D eigenvalue weighted by Crippen LogP contribution is -2.53. The fraction of sp³-hybridized carbons (Fsp3) is 0.429. The maximum atomic E-state index is 12.1. The highest BCUT2D eigenvalue weighted by Gasteiger charge is 2.32. The van der Waals surface area contributed by atoms with Gasteiger partial charge in [0.2, 0.25) is 0 Å². The molecule has 0 aliphatic carbocycles. The van der Waals surface area contributed by atoms with Crippen LogP contribution in [0.15, 0.2) is 24.3 Å². The minimum absolute atomic E-state index is 0.306. The number of thioether (sulfide) groups is 1. The van der Waals surface area contributed by atoms with E-state index in [9.17, 15) is 9.59 Å². The zero-order chi connectivity index (χ0) is 14.5. The van der Waals surface area contributed by atoms with Gasteiger partial charge in [-0.1, -0.05) is 29.8 Å². The highest BCUT2D eigenvalue weighted by atomic mass is 32.2. The molecule has 1 saturated heterocycles. The monoisotopic (exact) mass is 294 g/mol. The highest BCUT2D eigenvalue weighted by Crippen LogP contribution is 2.17. The molecule has 0 radical (unpaired) electrons.